The van der Waals surface area contributed by atoms with Crippen LogP contribution in [0.15, 0.2) is 24.4 Å². The van der Waals surface area contributed by atoms with Gasteiger partial charge in [0.25, 0.3) is 0 Å². The number of rotatable bonds is 6. The number of carbonyl (C=O) groups excluding carboxylic acids is 1. The van der Waals surface area contributed by atoms with Gasteiger partial charge in [0.2, 0.25) is 5.91 Å². The maximum Gasteiger partial charge on any atom is 0.350 e. The van der Waals surface area contributed by atoms with Gasteiger partial charge in [-0.25, -0.2) is 0 Å². The van der Waals surface area contributed by atoms with Crippen LogP contribution < -0.4 is 14.8 Å². The summed E-state index contributed by atoms with van der Waals surface area (Å²) in [7, 11) is 2.78. The first kappa shape index (κ1) is 16.3. The second-order valence-electron chi connectivity index (χ2n) is 4.73. The lowest BCUT2D eigenvalue weighted by atomic mass is 10.2. The van der Waals surface area contributed by atoms with Crippen molar-refractivity contribution in [2.75, 3.05) is 19.5 Å². The molecule has 1 aromatic heterocycles. The van der Waals surface area contributed by atoms with Crippen molar-refractivity contribution in [2.45, 2.75) is 13.5 Å². The van der Waals surface area contributed by atoms with E-state index < -0.39 is 10.8 Å². The fourth-order valence-corrected chi connectivity index (χ4v) is 2.00. The van der Waals surface area contributed by atoms with Crippen LogP contribution in [-0.2, 0) is 11.3 Å². The first-order valence-electron chi connectivity index (χ1n) is 6.65. The minimum atomic E-state index is -0.621. The molecule has 0 atom stereocenters. The largest absolute Gasteiger partial charge is 0.495 e. The molecule has 1 amide bonds. The molecule has 0 aliphatic heterocycles. The molecule has 0 saturated carbocycles. The number of benzene rings is 1. The quantitative estimate of drug-likeness (QED) is 0.641. The third-order valence-corrected chi connectivity index (χ3v) is 3.03. The monoisotopic (exact) mass is 320 g/mol. The van der Waals surface area contributed by atoms with Crippen molar-refractivity contribution in [2.24, 2.45) is 0 Å². The molecule has 0 bridgehead atoms. The molecule has 122 valence electrons. The Labute approximate surface area is 132 Å². The summed E-state index contributed by atoms with van der Waals surface area (Å²) in [5, 5.41) is 17.4. The topological polar surface area (TPSA) is 109 Å². The number of nitrogens with one attached hydrogen (secondary N) is 1. The van der Waals surface area contributed by atoms with Crippen molar-refractivity contribution < 1.29 is 19.2 Å². The average Bonchev–Trinajstić information content (AvgIpc) is 2.90. The summed E-state index contributed by atoms with van der Waals surface area (Å²) in [6, 6.07) is 5.37. The lowest BCUT2D eigenvalue weighted by Crippen LogP contribution is -2.19. The van der Waals surface area contributed by atoms with E-state index in [0.717, 1.165) is 16.4 Å². The van der Waals surface area contributed by atoms with Gasteiger partial charge in [0.05, 0.1) is 24.8 Å². The van der Waals surface area contributed by atoms with Crippen LogP contribution in [0.3, 0.4) is 0 Å². The van der Waals surface area contributed by atoms with Gasteiger partial charge in [-0.15, -0.1) is 5.10 Å². The average molecular weight is 320 g/mol. The Hall–Kier alpha value is -3.10. The van der Waals surface area contributed by atoms with E-state index in [1.54, 1.807) is 12.1 Å². The van der Waals surface area contributed by atoms with Crippen LogP contribution in [0.5, 0.6) is 11.6 Å². The van der Waals surface area contributed by atoms with E-state index in [4.69, 9.17) is 9.47 Å². The molecule has 1 N–H and O–H groups in total. The van der Waals surface area contributed by atoms with E-state index in [1.807, 2.05) is 13.0 Å². The molecule has 0 aliphatic carbocycles. The maximum atomic E-state index is 12.1. The molecule has 0 radical (unpaired) electrons. The fraction of sp³-hybridized carbons (Fsp3) is 0.286. The minimum Gasteiger partial charge on any atom is -0.495 e. The van der Waals surface area contributed by atoms with Crippen molar-refractivity contribution in [3.63, 3.8) is 0 Å². The van der Waals surface area contributed by atoms with Crippen molar-refractivity contribution in [1.29, 1.82) is 0 Å². The molecule has 0 unspecified atom stereocenters. The third-order valence-electron chi connectivity index (χ3n) is 3.03. The third kappa shape index (κ3) is 3.76. The van der Waals surface area contributed by atoms with Gasteiger partial charge < -0.3 is 14.8 Å². The van der Waals surface area contributed by atoms with Gasteiger partial charge in [0.1, 0.15) is 18.5 Å². The van der Waals surface area contributed by atoms with Crippen molar-refractivity contribution in [3.05, 3.63) is 40.1 Å². The number of anilines is 1. The highest BCUT2D eigenvalue weighted by molar-refractivity contribution is 5.92. The van der Waals surface area contributed by atoms with Gasteiger partial charge in [-0.2, -0.15) is 0 Å². The predicted molar refractivity (Wildman–Crippen MR) is 81.8 cm³/mol. The first-order chi connectivity index (χ1) is 10.9. The van der Waals surface area contributed by atoms with Crippen LogP contribution in [0.1, 0.15) is 5.56 Å². The van der Waals surface area contributed by atoms with Crippen LogP contribution in [0.2, 0.25) is 0 Å². The summed E-state index contributed by atoms with van der Waals surface area (Å²) < 4.78 is 11.1. The summed E-state index contributed by atoms with van der Waals surface area (Å²) in [6.45, 7) is 1.69. The van der Waals surface area contributed by atoms with Crippen molar-refractivity contribution in [1.82, 2.24) is 9.78 Å². The molecule has 9 nitrogen and oxygen atoms in total. The van der Waals surface area contributed by atoms with Gasteiger partial charge in [0.15, 0.2) is 0 Å². The maximum absolute atomic E-state index is 12.1. The minimum absolute atomic E-state index is 0.143. The molecular formula is C14H16N4O5. The Bertz CT molecular complexity index is 741. The summed E-state index contributed by atoms with van der Waals surface area (Å²) in [5.74, 6) is -0.0159. The Balaban J connectivity index is 2.14. The lowest BCUT2D eigenvalue weighted by Gasteiger charge is -2.10. The van der Waals surface area contributed by atoms with Gasteiger partial charge in [-0.05, 0) is 24.6 Å². The van der Waals surface area contributed by atoms with E-state index in [0.29, 0.717) is 11.4 Å². The summed E-state index contributed by atoms with van der Waals surface area (Å²) in [4.78, 5) is 22.3. The number of aryl methyl sites for hydroxylation is 1. The zero-order valence-electron chi connectivity index (χ0n) is 12.9. The van der Waals surface area contributed by atoms with Gasteiger partial charge in [-0.3, -0.25) is 19.6 Å². The number of hydrogen-bond acceptors (Lipinski definition) is 6. The van der Waals surface area contributed by atoms with E-state index in [1.165, 1.54) is 14.2 Å². The molecule has 0 saturated heterocycles. The number of nitrogens with zero attached hydrogens (tertiary/aromatic N) is 3. The molecule has 2 aromatic rings. The molecule has 9 heteroatoms. The Morgan fingerprint density at radius 2 is 2.13 bits per heavy atom. The normalized spacial score (nSPS) is 10.2. The second-order valence-corrected chi connectivity index (χ2v) is 4.73. The van der Waals surface area contributed by atoms with E-state index in [2.05, 4.69) is 10.4 Å². The highest BCUT2D eigenvalue weighted by atomic mass is 16.6. The van der Waals surface area contributed by atoms with Crippen LogP contribution in [0.25, 0.3) is 0 Å². The molecule has 1 aromatic carbocycles. The molecule has 1 heterocycles. The van der Waals surface area contributed by atoms with Crippen molar-refractivity contribution >= 4 is 17.3 Å². The highest BCUT2D eigenvalue weighted by Gasteiger charge is 2.21. The number of ether oxygens (including phenoxy) is 2. The van der Waals surface area contributed by atoms with E-state index in [-0.39, 0.29) is 18.1 Å². The number of amides is 1. The number of carbonyl (C=O) groups is 1. The van der Waals surface area contributed by atoms with E-state index >= 15 is 0 Å². The first-order valence-corrected chi connectivity index (χ1v) is 6.65. The summed E-state index contributed by atoms with van der Waals surface area (Å²) >= 11 is 0. The SMILES string of the molecule is COc1ccc(C)cc1NC(=O)Cn1cc([N+](=O)[O-])c(OC)n1. The number of methoxy groups -OCH3 is 2. The molecule has 0 fully saturated rings. The number of hydrogen-bond donors (Lipinski definition) is 1. The molecule has 0 aliphatic rings. The zero-order chi connectivity index (χ0) is 17.0. The molecule has 23 heavy (non-hydrogen) atoms. The van der Waals surface area contributed by atoms with Crippen LogP contribution in [0, 0.1) is 17.0 Å². The molecule has 2 rings (SSSR count). The predicted octanol–water partition coefficient (Wildman–Crippen LogP) is 1.76. The van der Waals surface area contributed by atoms with Crippen molar-refractivity contribution in [3.8, 4) is 11.6 Å². The number of nitro groups is 1. The van der Waals surface area contributed by atoms with Crippen LogP contribution in [-0.4, -0.2) is 34.8 Å². The standard InChI is InChI=1S/C14H16N4O5/c1-9-4-5-12(22-2)10(6-9)15-13(19)8-17-7-11(18(20)21)14(16-17)23-3/h4-7H,8H2,1-3H3,(H,15,19). The Morgan fingerprint density at radius 3 is 2.70 bits per heavy atom. The van der Waals surface area contributed by atoms with Gasteiger partial charge in [-0.1, -0.05) is 6.07 Å². The molecule has 0 spiro atoms. The Morgan fingerprint density at radius 1 is 1.39 bits per heavy atom. The van der Waals surface area contributed by atoms with Gasteiger partial charge >= 0.3 is 11.6 Å². The van der Waals surface area contributed by atoms with E-state index in [9.17, 15) is 14.9 Å². The second kappa shape index (κ2) is 6.77. The van der Waals surface area contributed by atoms with Crippen LogP contribution >= 0.6 is 0 Å². The smallest absolute Gasteiger partial charge is 0.350 e. The lowest BCUT2D eigenvalue weighted by molar-refractivity contribution is -0.385. The fourth-order valence-electron chi connectivity index (χ4n) is 2.00. The summed E-state index contributed by atoms with van der Waals surface area (Å²) in [5.41, 5.74) is 1.18. The van der Waals surface area contributed by atoms with Gasteiger partial charge in [0, 0.05) is 0 Å². The Kier molecular flexibility index (Phi) is 4.79. The highest BCUT2D eigenvalue weighted by Crippen LogP contribution is 2.26. The van der Waals surface area contributed by atoms with Crippen LogP contribution in [0.4, 0.5) is 11.4 Å². The summed E-state index contributed by atoms with van der Waals surface area (Å²) in [6.07, 6.45) is 1.14. The zero-order valence-corrected chi connectivity index (χ0v) is 12.9. The molecular weight excluding hydrogens is 304 g/mol. The number of aromatic nitrogens is 2.